The molecule has 1 aliphatic carbocycles. The van der Waals surface area contributed by atoms with E-state index < -0.39 is 0 Å². The Balaban J connectivity index is 1.36. The largest absolute Gasteiger partial charge is 0.492 e. The lowest BCUT2D eigenvalue weighted by Gasteiger charge is -2.28. The van der Waals surface area contributed by atoms with Crippen LogP contribution in [-0.4, -0.2) is 24.6 Å². The Morgan fingerprint density at radius 3 is 2.45 bits per heavy atom. The number of carbonyl (C=O) groups excluding carboxylic acids is 2. The predicted octanol–water partition coefficient (Wildman–Crippen LogP) is 4.33. The molecule has 6 heteroatoms. The van der Waals surface area contributed by atoms with Crippen molar-refractivity contribution in [1.29, 1.82) is 0 Å². The van der Waals surface area contributed by atoms with Crippen LogP contribution in [0.2, 0.25) is 0 Å². The van der Waals surface area contributed by atoms with Crippen LogP contribution >= 0.6 is 0 Å². The quantitative estimate of drug-likeness (QED) is 0.723. The number of amides is 3. The van der Waals surface area contributed by atoms with Gasteiger partial charge in [0.25, 0.3) is 0 Å². The number of rotatable bonds is 4. The number of para-hydroxylation sites is 1. The molecule has 152 valence electrons. The number of hydrogen-bond acceptors (Lipinski definition) is 3. The molecule has 1 fully saturated rings. The summed E-state index contributed by atoms with van der Waals surface area (Å²) in [5.41, 5.74) is 2.34. The van der Waals surface area contributed by atoms with E-state index in [1.54, 1.807) is 0 Å². The zero-order chi connectivity index (χ0) is 20.1. The smallest absolute Gasteiger partial charge is 0.323 e. The monoisotopic (exact) mass is 393 g/mol. The van der Waals surface area contributed by atoms with Crippen molar-refractivity contribution in [3.8, 4) is 5.75 Å². The highest BCUT2D eigenvalue weighted by atomic mass is 16.5. The highest BCUT2D eigenvalue weighted by Crippen LogP contribution is 2.30. The molecule has 6 nitrogen and oxygen atoms in total. The Kier molecular flexibility index (Phi) is 5.98. The van der Waals surface area contributed by atoms with Crippen molar-refractivity contribution >= 4 is 23.3 Å². The summed E-state index contributed by atoms with van der Waals surface area (Å²) in [4.78, 5) is 24.9. The van der Waals surface area contributed by atoms with Crippen LogP contribution in [0.25, 0.3) is 0 Å². The van der Waals surface area contributed by atoms with E-state index >= 15 is 0 Å². The Hall–Kier alpha value is -3.02. The van der Waals surface area contributed by atoms with Crippen LogP contribution in [-0.2, 0) is 11.2 Å². The second kappa shape index (κ2) is 8.99. The first-order chi connectivity index (χ1) is 14.2. The number of benzene rings is 2. The highest BCUT2D eigenvalue weighted by Gasteiger charge is 2.28. The van der Waals surface area contributed by atoms with Gasteiger partial charge < -0.3 is 20.7 Å². The van der Waals surface area contributed by atoms with Gasteiger partial charge in [-0.15, -0.1) is 0 Å². The van der Waals surface area contributed by atoms with E-state index in [0.717, 1.165) is 29.8 Å². The summed E-state index contributed by atoms with van der Waals surface area (Å²) >= 11 is 0. The molecule has 3 amide bonds. The van der Waals surface area contributed by atoms with Gasteiger partial charge in [-0.05, 0) is 55.2 Å². The van der Waals surface area contributed by atoms with E-state index in [0.29, 0.717) is 24.8 Å². The minimum Gasteiger partial charge on any atom is -0.492 e. The molecular weight excluding hydrogens is 366 g/mol. The van der Waals surface area contributed by atoms with Gasteiger partial charge in [0, 0.05) is 17.4 Å². The zero-order valence-corrected chi connectivity index (χ0v) is 16.4. The molecule has 29 heavy (non-hydrogen) atoms. The lowest BCUT2D eigenvalue weighted by molar-refractivity contribution is -0.127. The minimum absolute atomic E-state index is 0.0720. The van der Waals surface area contributed by atoms with E-state index in [-0.39, 0.29) is 17.9 Å². The van der Waals surface area contributed by atoms with Crippen LogP contribution in [0.5, 0.6) is 5.75 Å². The first kappa shape index (κ1) is 19.3. The highest BCUT2D eigenvalue weighted by molar-refractivity contribution is 5.99. The molecule has 1 saturated carbocycles. The van der Waals surface area contributed by atoms with E-state index in [1.807, 2.05) is 48.5 Å². The van der Waals surface area contributed by atoms with Crippen LogP contribution < -0.4 is 20.7 Å². The van der Waals surface area contributed by atoms with Crippen LogP contribution in [0.4, 0.5) is 16.2 Å². The molecular formula is C23H27N3O3. The van der Waals surface area contributed by atoms with Gasteiger partial charge >= 0.3 is 6.03 Å². The van der Waals surface area contributed by atoms with Crippen LogP contribution in [0.1, 0.15) is 37.7 Å². The van der Waals surface area contributed by atoms with Gasteiger partial charge in [0.2, 0.25) is 5.91 Å². The first-order valence-electron chi connectivity index (χ1n) is 10.4. The summed E-state index contributed by atoms with van der Waals surface area (Å²) in [7, 11) is 0. The van der Waals surface area contributed by atoms with E-state index in [4.69, 9.17) is 4.74 Å². The normalized spacial score (nSPS) is 18.8. The summed E-state index contributed by atoms with van der Waals surface area (Å²) in [6.45, 7) is 0.396. The van der Waals surface area contributed by atoms with Crippen LogP contribution in [0, 0.1) is 5.92 Å². The van der Waals surface area contributed by atoms with Crippen molar-refractivity contribution in [3.05, 3.63) is 54.1 Å². The van der Waals surface area contributed by atoms with Gasteiger partial charge in [-0.3, -0.25) is 4.79 Å². The van der Waals surface area contributed by atoms with E-state index in [9.17, 15) is 9.59 Å². The third-order valence-corrected chi connectivity index (χ3v) is 5.58. The first-order valence-corrected chi connectivity index (χ1v) is 10.4. The topological polar surface area (TPSA) is 79.5 Å². The molecule has 2 aliphatic rings. The molecule has 4 rings (SSSR count). The summed E-state index contributed by atoms with van der Waals surface area (Å²) in [5.74, 6) is 0.654. The fourth-order valence-electron chi connectivity index (χ4n) is 4.02. The number of ether oxygens (including phenoxy) is 1. The third-order valence-electron chi connectivity index (χ3n) is 5.58. The van der Waals surface area contributed by atoms with Crippen molar-refractivity contribution in [2.75, 3.05) is 17.2 Å². The van der Waals surface area contributed by atoms with Crippen molar-refractivity contribution in [2.45, 2.75) is 44.6 Å². The fraction of sp³-hybridized carbons (Fsp3) is 0.391. The molecule has 1 atom stereocenters. The maximum atomic E-state index is 12.7. The predicted molar refractivity (Wildman–Crippen MR) is 113 cm³/mol. The zero-order valence-electron chi connectivity index (χ0n) is 16.4. The number of carbonyl (C=O) groups is 2. The van der Waals surface area contributed by atoms with Gasteiger partial charge in [-0.25, -0.2) is 4.79 Å². The number of urea groups is 1. The van der Waals surface area contributed by atoms with Gasteiger partial charge in [-0.2, -0.15) is 0 Å². The van der Waals surface area contributed by atoms with Gasteiger partial charge in [0.1, 0.15) is 12.4 Å². The molecule has 0 saturated heterocycles. The molecule has 2 aromatic rings. The number of anilines is 2. The Bertz CT molecular complexity index is 863. The molecule has 2 aromatic carbocycles. The third kappa shape index (κ3) is 5.08. The molecule has 3 N–H and O–H groups in total. The maximum absolute atomic E-state index is 12.7. The summed E-state index contributed by atoms with van der Waals surface area (Å²) in [6.07, 6.45) is 6.40. The Morgan fingerprint density at radius 2 is 1.66 bits per heavy atom. The molecule has 1 aliphatic heterocycles. The maximum Gasteiger partial charge on any atom is 0.323 e. The standard InChI is InChI=1S/C23H27N3O3/c27-22(24-18-7-3-1-4-8-18)17-13-16-14-20(11-12-21(16)29-15-17)26-23(28)25-19-9-5-2-6-10-19/h2,5-6,9-12,14,17-18H,1,3-4,7-8,13,15H2,(H,24,27)(H2,25,26,28). The number of nitrogens with one attached hydrogen (secondary N) is 3. The molecule has 1 unspecified atom stereocenters. The van der Waals surface area contributed by atoms with Gasteiger partial charge in [0.05, 0.1) is 5.92 Å². The lowest BCUT2D eigenvalue weighted by Crippen LogP contribution is -2.43. The SMILES string of the molecule is O=C(Nc1ccccc1)Nc1ccc2c(c1)CC(C(=O)NC1CCCCC1)CO2. The molecule has 0 bridgehead atoms. The summed E-state index contributed by atoms with van der Waals surface area (Å²) in [5, 5.41) is 8.84. The average molecular weight is 393 g/mol. The number of fused-ring (bicyclic) bond motifs is 1. The Morgan fingerprint density at radius 1 is 0.897 bits per heavy atom. The second-order valence-corrected chi connectivity index (χ2v) is 7.82. The van der Waals surface area contributed by atoms with Crippen LogP contribution in [0.15, 0.2) is 48.5 Å². The molecule has 0 spiro atoms. The second-order valence-electron chi connectivity index (χ2n) is 7.82. The van der Waals surface area contributed by atoms with Gasteiger partial charge in [-0.1, -0.05) is 37.5 Å². The molecule has 0 aromatic heterocycles. The van der Waals surface area contributed by atoms with Gasteiger partial charge in [0.15, 0.2) is 0 Å². The van der Waals surface area contributed by atoms with E-state index in [1.165, 1.54) is 19.3 Å². The van der Waals surface area contributed by atoms with Crippen molar-refractivity contribution < 1.29 is 14.3 Å². The molecule has 0 radical (unpaired) electrons. The van der Waals surface area contributed by atoms with Crippen molar-refractivity contribution in [1.82, 2.24) is 5.32 Å². The summed E-state index contributed by atoms with van der Waals surface area (Å²) in [6, 6.07) is 14.8. The minimum atomic E-state index is -0.306. The average Bonchev–Trinajstić information content (AvgIpc) is 2.74. The fourth-order valence-corrected chi connectivity index (χ4v) is 4.02. The summed E-state index contributed by atoms with van der Waals surface area (Å²) < 4.78 is 5.81. The number of hydrogen-bond donors (Lipinski definition) is 3. The Labute approximate surface area is 171 Å². The van der Waals surface area contributed by atoms with E-state index in [2.05, 4.69) is 16.0 Å². The van der Waals surface area contributed by atoms with Crippen molar-refractivity contribution in [3.63, 3.8) is 0 Å². The lowest BCUT2D eigenvalue weighted by atomic mass is 9.92. The van der Waals surface area contributed by atoms with Crippen molar-refractivity contribution in [2.24, 2.45) is 5.92 Å². The molecule has 1 heterocycles. The van der Waals surface area contributed by atoms with Crippen LogP contribution in [0.3, 0.4) is 0 Å².